The molecule has 5 atom stereocenters. The zero-order valence-corrected chi connectivity index (χ0v) is 18.2. The molecule has 0 saturated carbocycles. The van der Waals surface area contributed by atoms with Gasteiger partial charge in [-0.2, -0.15) is 12.6 Å². The smallest absolute Gasteiger partial charge is 0.326 e. The van der Waals surface area contributed by atoms with Crippen molar-refractivity contribution in [3.05, 3.63) is 0 Å². The normalized spacial score (nSPS) is 16.3. The van der Waals surface area contributed by atoms with E-state index < -0.39 is 54.5 Å². The van der Waals surface area contributed by atoms with Gasteiger partial charge in [0.15, 0.2) is 0 Å². The van der Waals surface area contributed by atoms with Gasteiger partial charge in [0.25, 0.3) is 0 Å². The Kier molecular flexibility index (Phi) is 12.5. The van der Waals surface area contributed by atoms with E-state index in [1.54, 1.807) is 13.8 Å². The van der Waals surface area contributed by atoms with E-state index in [1.165, 1.54) is 0 Å². The van der Waals surface area contributed by atoms with Crippen molar-refractivity contribution in [1.29, 1.82) is 0 Å². The van der Waals surface area contributed by atoms with Gasteiger partial charge < -0.3 is 31.9 Å². The first-order valence-electron chi connectivity index (χ1n) is 9.59. The lowest BCUT2D eigenvalue weighted by Crippen LogP contribution is -2.59. The number of carbonyl (C=O) groups excluding carboxylic acids is 3. The number of thiol groups is 1. The SMILES string of the molecule is CCC(C)C(NC(=O)C(CS)NC(=O)C(CO)NC(=O)C(N)CC(C)C)C(=O)O. The Morgan fingerprint density at radius 3 is 1.90 bits per heavy atom. The summed E-state index contributed by atoms with van der Waals surface area (Å²) in [7, 11) is 0. The quantitative estimate of drug-likeness (QED) is 0.180. The number of aliphatic carboxylic acids is 1. The Labute approximate surface area is 176 Å². The highest BCUT2D eigenvalue weighted by Crippen LogP contribution is 2.08. The second kappa shape index (κ2) is 13.4. The average Bonchev–Trinajstić information content (AvgIpc) is 2.66. The van der Waals surface area contributed by atoms with Crippen molar-refractivity contribution >= 4 is 36.3 Å². The summed E-state index contributed by atoms with van der Waals surface area (Å²) < 4.78 is 0. The molecule has 29 heavy (non-hydrogen) atoms. The fourth-order valence-corrected chi connectivity index (χ4v) is 2.75. The van der Waals surface area contributed by atoms with Crippen molar-refractivity contribution in [1.82, 2.24) is 16.0 Å². The average molecular weight is 435 g/mol. The third kappa shape index (κ3) is 9.46. The van der Waals surface area contributed by atoms with Gasteiger partial charge in [-0.1, -0.05) is 34.1 Å². The van der Waals surface area contributed by atoms with E-state index in [-0.39, 0.29) is 17.6 Å². The molecule has 0 aliphatic carbocycles. The van der Waals surface area contributed by atoms with Crippen LogP contribution >= 0.6 is 12.6 Å². The van der Waals surface area contributed by atoms with Crippen LogP contribution in [0.3, 0.4) is 0 Å². The number of nitrogens with two attached hydrogens (primary N) is 1. The molecule has 0 aliphatic rings. The number of aliphatic hydroxyl groups is 1. The van der Waals surface area contributed by atoms with Gasteiger partial charge in [-0.15, -0.1) is 0 Å². The molecule has 7 N–H and O–H groups in total. The molecule has 0 aromatic heterocycles. The number of carboxylic acids is 1. The number of aliphatic hydroxyl groups excluding tert-OH is 1. The maximum Gasteiger partial charge on any atom is 0.326 e. The molecule has 0 saturated heterocycles. The minimum atomic E-state index is -1.30. The molecule has 0 aromatic rings. The van der Waals surface area contributed by atoms with Crippen LogP contribution in [0, 0.1) is 11.8 Å². The van der Waals surface area contributed by atoms with E-state index >= 15 is 0 Å². The van der Waals surface area contributed by atoms with Crippen molar-refractivity contribution in [2.24, 2.45) is 17.6 Å². The van der Waals surface area contributed by atoms with E-state index in [9.17, 15) is 29.4 Å². The number of amides is 3. The fraction of sp³-hybridized carbons (Fsp3) is 0.778. The molecule has 0 rings (SSSR count). The molecule has 0 radical (unpaired) electrons. The summed E-state index contributed by atoms with van der Waals surface area (Å²) in [5.41, 5.74) is 5.76. The van der Waals surface area contributed by atoms with Crippen molar-refractivity contribution < 1.29 is 29.4 Å². The van der Waals surface area contributed by atoms with E-state index in [4.69, 9.17) is 5.73 Å². The summed E-state index contributed by atoms with van der Waals surface area (Å²) in [6.07, 6.45) is 0.934. The molecule has 0 aliphatic heterocycles. The standard InChI is InChI=1S/C18H34N4O6S/c1-5-10(4)14(18(27)28)22-17(26)13(8-29)21-16(25)12(7-23)20-15(24)11(19)6-9(2)3/h9-14,23,29H,5-8,19H2,1-4H3,(H,20,24)(H,21,25)(H,22,26)(H,27,28). The lowest BCUT2D eigenvalue weighted by Gasteiger charge is -2.25. The summed E-state index contributed by atoms with van der Waals surface area (Å²) >= 11 is 4.02. The topological polar surface area (TPSA) is 171 Å². The lowest BCUT2D eigenvalue weighted by molar-refractivity contribution is -0.143. The van der Waals surface area contributed by atoms with Gasteiger partial charge in [-0.25, -0.2) is 4.79 Å². The largest absolute Gasteiger partial charge is 0.480 e. The second-order valence-electron chi connectivity index (χ2n) is 7.43. The van der Waals surface area contributed by atoms with Crippen molar-refractivity contribution in [2.75, 3.05) is 12.4 Å². The third-order valence-corrected chi connectivity index (χ3v) is 4.84. The predicted octanol–water partition coefficient (Wildman–Crippen LogP) is -1.13. The van der Waals surface area contributed by atoms with Crippen LogP contribution in [0.1, 0.15) is 40.5 Å². The predicted molar refractivity (Wildman–Crippen MR) is 111 cm³/mol. The zero-order valence-electron chi connectivity index (χ0n) is 17.3. The van der Waals surface area contributed by atoms with Gasteiger partial charge in [0.05, 0.1) is 12.6 Å². The molecule has 3 amide bonds. The summed E-state index contributed by atoms with van der Waals surface area (Å²) in [6.45, 7) is 6.57. The van der Waals surface area contributed by atoms with Gasteiger partial charge in [-0.3, -0.25) is 14.4 Å². The van der Waals surface area contributed by atoms with Gasteiger partial charge in [-0.05, 0) is 18.3 Å². The summed E-state index contributed by atoms with van der Waals surface area (Å²) in [5.74, 6) is -3.56. The minimum absolute atomic E-state index is 0.108. The Morgan fingerprint density at radius 1 is 0.966 bits per heavy atom. The highest BCUT2D eigenvalue weighted by molar-refractivity contribution is 7.80. The second-order valence-corrected chi connectivity index (χ2v) is 7.80. The van der Waals surface area contributed by atoms with Crippen LogP contribution in [-0.4, -0.2) is 70.4 Å². The number of hydrogen-bond acceptors (Lipinski definition) is 7. The first-order valence-corrected chi connectivity index (χ1v) is 10.2. The summed E-state index contributed by atoms with van der Waals surface area (Å²) in [4.78, 5) is 48.2. The highest BCUT2D eigenvalue weighted by Gasteiger charge is 2.31. The van der Waals surface area contributed by atoms with Crippen LogP contribution in [0.5, 0.6) is 0 Å². The Morgan fingerprint density at radius 2 is 1.48 bits per heavy atom. The van der Waals surface area contributed by atoms with Crippen LogP contribution in [0.2, 0.25) is 0 Å². The lowest BCUT2D eigenvalue weighted by atomic mass is 9.99. The van der Waals surface area contributed by atoms with Crippen molar-refractivity contribution in [3.8, 4) is 0 Å². The molecule has 0 bridgehead atoms. The Hall–Kier alpha value is -1.85. The van der Waals surface area contributed by atoms with E-state index in [0.717, 1.165) is 0 Å². The summed E-state index contributed by atoms with van der Waals surface area (Å²) in [5, 5.41) is 25.8. The van der Waals surface area contributed by atoms with Crippen LogP contribution in [0.25, 0.3) is 0 Å². The number of carbonyl (C=O) groups is 4. The fourth-order valence-electron chi connectivity index (χ4n) is 2.49. The van der Waals surface area contributed by atoms with Crippen LogP contribution in [0.15, 0.2) is 0 Å². The number of carboxylic acid groups (broad SMARTS) is 1. The van der Waals surface area contributed by atoms with Crippen LogP contribution in [0.4, 0.5) is 0 Å². The first-order chi connectivity index (χ1) is 13.5. The van der Waals surface area contributed by atoms with Crippen molar-refractivity contribution in [3.63, 3.8) is 0 Å². The van der Waals surface area contributed by atoms with Gasteiger partial charge >= 0.3 is 5.97 Å². The monoisotopic (exact) mass is 434 g/mol. The number of nitrogens with one attached hydrogen (secondary N) is 3. The Bertz CT molecular complexity index is 575. The van der Waals surface area contributed by atoms with Gasteiger partial charge in [0.2, 0.25) is 17.7 Å². The Balaban J connectivity index is 5.02. The van der Waals surface area contributed by atoms with Gasteiger partial charge in [0, 0.05) is 5.75 Å². The third-order valence-electron chi connectivity index (χ3n) is 4.47. The zero-order chi connectivity index (χ0) is 22.7. The van der Waals surface area contributed by atoms with E-state index in [0.29, 0.717) is 12.8 Å². The molecule has 168 valence electrons. The molecule has 10 nitrogen and oxygen atoms in total. The maximum atomic E-state index is 12.4. The van der Waals surface area contributed by atoms with E-state index in [1.807, 2.05) is 13.8 Å². The van der Waals surface area contributed by atoms with Crippen molar-refractivity contribution in [2.45, 2.75) is 64.7 Å². The molecule has 5 unspecified atom stereocenters. The number of rotatable bonds is 13. The molecular formula is C18H34N4O6S. The minimum Gasteiger partial charge on any atom is -0.480 e. The molecule has 0 fully saturated rings. The molecular weight excluding hydrogens is 400 g/mol. The maximum absolute atomic E-state index is 12.4. The number of hydrogen-bond donors (Lipinski definition) is 7. The molecule has 0 heterocycles. The van der Waals surface area contributed by atoms with Crippen LogP contribution in [-0.2, 0) is 19.2 Å². The van der Waals surface area contributed by atoms with Gasteiger partial charge in [0.1, 0.15) is 18.1 Å². The van der Waals surface area contributed by atoms with E-state index in [2.05, 4.69) is 28.6 Å². The first kappa shape index (κ1) is 27.1. The molecule has 11 heteroatoms. The molecule has 0 spiro atoms. The molecule has 0 aromatic carbocycles. The summed E-state index contributed by atoms with van der Waals surface area (Å²) in [6, 6.07) is -4.41. The highest BCUT2D eigenvalue weighted by atomic mass is 32.1. The van der Waals surface area contributed by atoms with Crippen LogP contribution < -0.4 is 21.7 Å².